The molecule has 3 N–H and O–H groups in total. The summed E-state index contributed by atoms with van der Waals surface area (Å²) in [6.07, 6.45) is 7.19. The predicted molar refractivity (Wildman–Crippen MR) is 87.8 cm³/mol. The Labute approximate surface area is 133 Å². The highest BCUT2D eigenvalue weighted by Crippen LogP contribution is 2.25. The van der Waals surface area contributed by atoms with Crippen molar-refractivity contribution in [2.24, 2.45) is 0 Å². The van der Waals surface area contributed by atoms with Crippen LogP contribution in [0, 0.1) is 12.3 Å². The Balaban J connectivity index is 2.03. The van der Waals surface area contributed by atoms with Gasteiger partial charge in [0.25, 0.3) is 5.91 Å². The average molecular weight is 315 g/mol. The molecule has 1 amide bonds. The minimum atomic E-state index is -0.248. The van der Waals surface area contributed by atoms with Gasteiger partial charge >= 0.3 is 0 Å². The Morgan fingerprint density at radius 2 is 2.32 bits per heavy atom. The number of aromatic nitrogens is 1. The largest absolute Gasteiger partial charge is 0.396 e. The van der Waals surface area contributed by atoms with Crippen LogP contribution in [0.2, 0.25) is 0 Å². The van der Waals surface area contributed by atoms with E-state index in [0.29, 0.717) is 17.8 Å². The summed E-state index contributed by atoms with van der Waals surface area (Å²) in [6, 6.07) is 7.41. The van der Waals surface area contributed by atoms with Crippen LogP contribution in [-0.2, 0) is 0 Å². The molecule has 2 aromatic heterocycles. The molecule has 0 saturated carbocycles. The van der Waals surface area contributed by atoms with Crippen molar-refractivity contribution in [1.29, 1.82) is 0 Å². The molecule has 1 atom stereocenters. The lowest BCUT2D eigenvalue weighted by atomic mass is 10.1. The number of carbonyl (C=O) groups is 1. The SMILES string of the molecule is C#CCNC(=O)c1ccc(N[C@@H](CCO)c2cccs2)nc1. The summed E-state index contributed by atoms with van der Waals surface area (Å²) in [7, 11) is 0. The highest BCUT2D eigenvalue weighted by atomic mass is 32.1. The number of rotatable bonds is 7. The Kier molecular flexibility index (Phi) is 5.95. The predicted octanol–water partition coefficient (Wildman–Crippen LogP) is 2.04. The fourth-order valence-corrected chi connectivity index (χ4v) is 2.74. The average Bonchev–Trinajstić information content (AvgIpc) is 3.07. The van der Waals surface area contributed by atoms with E-state index in [9.17, 15) is 9.90 Å². The van der Waals surface area contributed by atoms with Gasteiger partial charge in [0.05, 0.1) is 18.2 Å². The summed E-state index contributed by atoms with van der Waals surface area (Å²) in [4.78, 5) is 17.1. The van der Waals surface area contributed by atoms with Crippen LogP contribution >= 0.6 is 11.3 Å². The minimum absolute atomic E-state index is 0.00128. The van der Waals surface area contributed by atoms with Gasteiger partial charge in [-0.05, 0) is 30.0 Å². The van der Waals surface area contributed by atoms with E-state index in [-0.39, 0.29) is 25.1 Å². The molecule has 0 radical (unpaired) electrons. The van der Waals surface area contributed by atoms with Crippen molar-refractivity contribution in [2.75, 3.05) is 18.5 Å². The maximum atomic E-state index is 11.7. The molecule has 0 saturated heterocycles. The second-order valence-electron chi connectivity index (χ2n) is 4.54. The van der Waals surface area contributed by atoms with Gasteiger partial charge in [-0.1, -0.05) is 12.0 Å². The quantitative estimate of drug-likeness (QED) is 0.684. The summed E-state index contributed by atoms with van der Waals surface area (Å²) in [6.45, 7) is 0.276. The Bertz CT molecular complexity index is 632. The molecular weight excluding hydrogens is 298 g/mol. The van der Waals surface area contributed by atoms with Crippen LogP contribution in [0.1, 0.15) is 27.7 Å². The Morgan fingerprint density at radius 3 is 2.91 bits per heavy atom. The standard InChI is InChI=1S/C16H17N3O2S/c1-2-8-17-16(21)12-5-6-15(18-11-12)19-13(7-9-20)14-4-3-10-22-14/h1,3-6,10-11,13,20H,7-9H2,(H,17,21)(H,18,19)/t13-/m0/s1. The molecule has 0 aliphatic rings. The summed E-state index contributed by atoms with van der Waals surface area (Å²) in [5, 5.41) is 17.0. The number of aliphatic hydroxyl groups is 1. The Morgan fingerprint density at radius 1 is 1.45 bits per heavy atom. The minimum Gasteiger partial charge on any atom is -0.396 e. The molecule has 0 spiro atoms. The highest BCUT2D eigenvalue weighted by Gasteiger charge is 2.13. The van der Waals surface area contributed by atoms with Gasteiger partial charge in [-0.15, -0.1) is 17.8 Å². The monoisotopic (exact) mass is 315 g/mol. The van der Waals surface area contributed by atoms with Crippen LogP contribution in [0.25, 0.3) is 0 Å². The molecule has 5 nitrogen and oxygen atoms in total. The number of thiophene rings is 1. The van der Waals surface area contributed by atoms with Crippen molar-refractivity contribution in [3.63, 3.8) is 0 Å². The first-order valence-electron chi connectivity index (χ1n) is 6.83. The third kappa shape index (κ3) is 4.32. The van der Waals surface area contributed by atoms with Crippen LogP contribution in [-0.4, -0.2) is 29.1 Å². The molecule has 114 valence electrons. The summed E-state index contributed by atoms with van der Waals surface area (Å²) >= 11 is 1.62. The van der Waals surface area contributed by atoms with Crippen molar-refractivity contribution in [3.8, 4) is 12.3 Å². The van der Waals surface area contributed by atoms with E-state index in [1.165, 1.54) is 6.20 Å². The lowest BCUT2D eigenvalue weighted by Gasteiger charge is -2.17. The van der Waals surface area contributed by atoms with E-state index >= 15 is 0 Å². The first-order chi connectivity index (χ1) is 10.7. The maximum Gasteiger partial charge on any atom is 0.253 e. The number of nitrogens with one attached hydrogen (secondary N) is 2. The Hall–Kier alpha value is -2.36. The second-order valence-corrected chi connectivity index (χ2v) is 5.52. The zero-order chi connectivity index (χ0) is 15.8. The van der Waals surface area contributed by atoms with Crippen molar-refractivity contribution < 1.29 is 9.90 Å². The van der Waals surface area contributed by atoms with E-state index in [1.807, 2.05) is 17.5 Å². The number of pyridine rings is 1. The van der Waals surface area contributed by atoms with Crippen LogP contribution in [0.4, 0.5) is 5.82 Å². The molecule has 2 heterocycles. The van der Waals surface area contributed by atoms with Gasteiger partial charge in [-0.25, -0.2) is 4.98 Å². The number of carbonyl (C=O) groups excluding carboxylic acids is 1. The second kappa shape index (κ2) is 8.17. The molecule has 6 heteroatoms. The van der Waals surface area contributed by atoms with Gasteiger partial charge in [0.15, 0.2) is 0 Å². The first-order valence-corrected chi connectivity index (χ1v) is 7.71. The number of terminal acetylenes is 1. The van der Waals surface area contributed by atoms with Crippen LogP contribution in [0.5, 0.6) is 0 Å². The lowest BCUT2D eigenvalue weighted by molar-refractivity contribution is 0.0958. The van der Waals surface area contributed by atoms with Crippen molar-refractivity contribution in [2.45, 2.75) is 12.5 Å². The lowest BCUT2D eigenvalue weighted by Crippen LogP contribution is -2.23. The number of aliphatic hydroxyl groups excluding tert-OH is 1. The van der Waals surface area contributed by atoms with E-state index in [0.717, 1.165) is 4.88 Å². The normalized spacial score (nSPS) is 11.5. The third-order valence-electron chi connectivity index (χ3n) is 3.00. The number of hydrogen-bond donors (Lipinski definition) is 3. The smallest absolute Gasteiger partial charge is 0.253 e. The van der Waals surface area contributed by atoms with E-state index in [2.05, 4.69) is 21.5 Å². The number of hydrogen-bond acceptors (Lipinski definition) is 5. The van der Waals surface area contributed by atoms with Gasteiger partial charge in [-0.2, -0.15) is 0 Å². The van der Waals surface area contributed by atoms with Crippen molar-refractivity contribution in [3.05, 3.63) is 46.3 Å². The topological polar surface area (TPSA) is 74.2 Å². The van der Waals surface area contributed by atoms with Gasteiger partial charge in [0.2, 0.25) is 0 Å². The van der Waals surface area contributed by atoms with Crippen LogP contribution in [0.15, 0.2) is 35.8 Å². The van der Waals surface area contributed by atoms with Crippen molar-refractivity contribution in [1.82, 2.24) is 10.3 Å². The first kappa shape index (κ1) is 16.0. The van der Waals surface area contributed by atoms with E-state index < -0.39 is 0 Å². The summed E-state index contributed by atoms with van der Waals surface area (Å²) in [5.41, 5.74) is 0.454. The van der Waals surface area contributed by atoms with Gasteiger partial charge < -0.3 is 15.7 Å². The molecule has 0 aliphatic heterocycles. The number of nitrogens with zero attached hydrogens (tertiary/aromatic N) is 1. The summed E-state index contributed by atoms with van der Waals surface area (Å²) < 4.78 is 0. The zero-order valence-corrected chi connectivity index (χ0v) is 12.8. The highest BCUT2D eigenvalue weighted by molar-refractivity contribution is 7.10. The molecule has 2 rings (SSSR count). The van der Waals surface area contributed by atoms with Gasteiger partial charge in [-0.3, -0.25) is 4.79 Å². The fourth-order valence-electron chi connectivity index (χ4n) is 1.93. The van der Waals surface area contributed by atoms with E-state index in [1.54, 1.807) is 23.5 Å². The maximum absolute atomic E-state index is 11.7. The molecule has 0 aromatic carbocycles. The molecule has 0 fully saturated rings. The van der Waals surface area contributed by atoms with Gasteiger partial charge in [0, 0.05) is 17.7 Å². The third-order valence-corrected chi connectivity index (χ3v) is 3.99. The zero-order valence-electron chi connectivity index (χ0n) is 12.0. The van der Waals surface area contributed by atoms with Crippen LogP contribution < -0.4 is 10.6 Å². The molecule has 22 heavy (non-hydrogen) atoms. The molecular formula is C16H17N3O2S. The molecule has 0 aliphatic carbocycles. The van der Waals surface area contributed by atoms with E-state index in [4.69, 9.17) is 6.42 Å². The van der Waals surface area contributed by atoms with Crippen molar-refractivity contribution >= 4 is 23.1 Å². The van der Waals surface area contributed by atoms with Gasteiger partial charge in [0.1, 0.15) is 5.82 Å². The summed E-state index contributed by atoms with van der Waals surface area (Å²) in [5.74, 6) is 2.75. The fraction of sp³-hybridized carbons (Fsp3) is 0.250. The number of anilines is 1. The molecule has 2 aromatic rings. The molecule has 0 bridgehead atoms. The number of amides is 1. The van der Waals surface area contributed by atoms with Crippen LogP contribution in [0.3, 0.4) is 0 Å². The molecule has 0 unspecified atom stereocenters.